The van der Waals surface area contributed by atoms with Crippen LogP contribution in [0.4, 0.5) is 0 Å². The molecule has 1 rings (SSSR count). The largest absolute Gasteiger partial charge is 0.0651 e. The summed E-state index contributed by atoms with van der Waals surface area (Å²) in [7, 11) is 0. The molecule has 1 fully saturated rings. The first-order chi connectivity index (χ1) is 5.70. The fourth-order valence-corrected chi connectivity index (χ4v) is 1.42. The van der Waals surface area contributed by atoms with Gasteiger partial charge in [0.25, 0.3) is 0 Å². The molecule has 74 valence electrons. The lowest BCUT2D eigenvalue weighted by molar-refractivity contribution is 0.544. The van der Waals surface area contributed by atoms with Crippen molar-refractivity contribution < 1.29 is 0 Å². The molecule has 0 heteroatoms. The van der Waals surface area contributed by atoms with Crippen molar-refractivity contribution in [1.29, 1.82) is 0 Å². The molecule has 0 unspecified atom stereocenters. The molecule has 0 aliphatic heterocycles. The van der Waals surface area contributed by atoms with Gasteiger partial charge in [-0.3, -0.25) is 0 Å². The highest BCUT2D eigenvalue weighted by atomic mass is 14.1. The average molecular weight is 170 g/mol. The van der Waals surface area contributed by atoms with Gasteiger partial charge in [0.1, 0.15) is 0 Å². The summed E-state index contributed by atoms with van der Waals surface area (Å²) in [5.41, 5.74) is 0. The molecule has 0 aromatic heterocycles. The minimum Gasteiger partial charge on any atom is -0.0651 e. The van der Waals surface area contributed by atoms with Crippen LogP contribution in [0.2, 0.25) is 0 Å². The van der Waals surface area contributed by atoms with Gasteiger partial charge in [-0.1, -0.05) is 66.2 Å². The second-order valence-electron chi connectivity index (χ2n) is 4.31. The van der Waals surface area contributed by atoms with E-state index >= 15 is 0 Å². The number of hydrogen-bond acceptors (Lipinski definition) is 0. The Bertz CT molecular complexity index is 76.0. The van der Waals surface area contributed by atoms with E-state index in [1.54, 1.807) is 0 Å². The van der Waals surface area contributed by atoms with E-state index in [2.05, 4.69) is 27.7 Å². The standard InChI is InChI=1S/C6H12.C6H14/c1-6-4-2-3-5-6;1-4-6(3)5-2/h6H,2-5H2,1H3;6H,4-5H2,1-3H3. The van der Waals surface area contributed by atoms with Gasteiger partial charge in [-0.15, -0.1) is 0 Å². The fourth-order valence-electron chi connectivity index (χ4n) is 1.42. The lowest BCUT2D eigenvalue weighted by Crippen LogP contribution is -1.85. The van der Waals surface area contributed by atoms with Gasteiger partial charge in [0.05, 0.1) is 0 Å². The maximum atomic E-state index is 2.34. The minimum atomic E-state index is 0.935. The van der Waals surface area contributed by atoms with Crippen molar-refractivity contribution in [2.45, 2.75) is 66.2 Å². The number of hydrogen-bond donors (Lipinski definition) is 0. The second-order valence-corrected chi connectivity index (χ2v) is 4.31. The second kappa shape index (κ2) is 7.64. The van der Waals surface area contributed by atoms with Gasteiger partial charge in [-0.25, -0.2) is 0 Å². The van der Waals surface area contributed by atoms with Crippen molar-refractivity contribution in [3.05, 3.63) is 0 Å². The predicted octanol–water partition coefficient (Wildman–Crippen LogP) is 4.64. The summed E-state index contributed by atoms with van der Waals surface area (Å²) in [6, 6.07) is 0. The van der Waals surface area contributed by atoms with E-state index in [4.69, 9.17) is 0 Å². The third-order valence-electron chi connectivity index (χ3n) is 3.04. The summed E-state index contributed by atoms with van der Waals surface area (Å²) in [6.07, 6.45) is 8.61. The van der Waals surface area contributed by atoms with Crippen LogP contribution in [0.3, 0.4) is 0 Å². The molecule has 1 aliphatic rings. The van der Waals surface area contributed by atoms with Gasteiger partial charge in [-0.2, -0.15) is 0 Å². The normalized spacial score (nSPS) is 17.8. The first-order valence-corrected chi connectivity index (χ1v) is 5.70. The smallest absolute Gasteiger partial charge is 0.0443 e. The van der Waals surface area contributed by atoms with Crippen molar-refractivity contribution in [1.82, 2.24) is 0 Å². The molecule has 0 nitrogen and oxygen atoms in total. The molecule has 0 amide bonds. The topological polar surface area (TPSA) is 0 Å². The fraction of sp³-hybridized carbons (Fsp3) is 1.00. The van der Waals surface area contributed by atoms with Crippen LogP contribution >= 0.6 is 0 Å². The molecule has 0 saturated heterocycles. The summed E-state index contributed by atoms with van der Waals surface area (Å²) >= 11 is 0. The van der Waals surface area contributed by atoms with Crippen molar-refractivity contribution in [2.24, 2.45) is 11.8 Å². The van der Waals surface area contributed by atoms with E-state index in [9.17, 15) is 0 Å². The van der Waals surface area contributed by atoms with Crippen molar-refractivity contribution in [3.63, 3.8) is 0 Å². The highest BCUT2D eigenvalue weighted by Gasteiger charge is 2.07. The third kappa shape index (κ3) is 6.69. The van der Waals surface area contributed by atoms with E-state index < -0.39 is 0 Å². The van der Waals surface area contributed by atoms with Crippen molar-refractivity contribution in [3.8, 4) is 0 Å². The average Bonchev–Trinajstić information content (AvgIpc) is 2.55. The van der Waals surface area contributed by atoms with Gasteiger partial charge >= 0.3 is 0 Å². The zero-order chi connectivity index (χ0) is 9.40. The zero-order valence-corrected chi connectivity index (χ0v) is 9.40. The molecule has 0 heterocycles. The molecule has 1 saturated carbocycles. The Morgan fingerprint density at radius 3 is 1.58 bits per heavy atom. The van der Waals surface area contributed by atoms with Crippen LogP contribution in [0.1, 0.15) is 66.2 Å². The molecular formula is C12H26. The molecule has 12 heavy (non-hydrogen) atoms. The highest BCUT2D eigenvalue weighted by molar-refractivity contribution is 4.60. The predicted molar refractivity (Wildman–Crippen MR) is 57.4 cm³/mol. The maximum absolute atomic E-state index is 2.34. The molecule has 0 N–H and O–H groups in total. The van der Waals surface area contributed by atoms with Crippen LogP contribution in [-0.4, -0.2) is 0 Å². The Morgan fingerprint density at radius 1 is 1.08 bits per heavy atom. The van der Waals surface area contributed by atoms with Crippen molar-refractivity contribution in [2.75, 3.05) is 0 Å². The van der Waals surface area contributed by atoms with E-state index in [0.717, 1.165) is 11.8 Å². The van der Waals surface area contributed by atoms with Gasteiger partial charge < -0.3 is 0 Å². The van der Waals surface area contributed by atoms with Gasteiger partial charge in [-0.05, 0) is 11.8 Å². The highest BCUT2D eigenvalue weighted by Crippen LogP contribution is 2.22. The molecule has 0 bridgehead atoms. The quantitative estimate of drug-likeness (QED) is 0.566. The van der Waals surface area contributed by atoms with Crippen LogP contribution in [0.15, 0.2) is 0 Å². The summed E-state index contributed by atoms with van der Waals surface area (Å²) in [6.45, 7) is 9.08. The van der Waals surface area contributed by atoms with E-state index in [1.807, 2.05) is 0 Å². The van der Waals surface area contributed by atoms with E-state index in [0.29, 0.717) is 0 Å². The Balaban J connectivity index is 0.000000202. The molecule has 0 spiro atoms. The maximum Gasteiger partial charge on any atom is -0.0443 e. The van der Waals surface area contributed by atoms with Gasteiger partial charge in [0, 0.05) is 0 Å². The van der Waals surface area contributed by atoms with E-state index in [-0.39, 0.29) is 0 Å². The first kappa shape index (κ1) is 12.0. The number of rotatable bonds is 2. The molecule has 0 atom stereocenters. The van der Waals surface area contributed by atoms with Crippen LogP contribution in [0.5, 0.6) is 0 Å². The lowest BCUT2D eigenvalue weighted by Gasteiger charge is -1.98. The van der Waals surface area contributed by atoms with Crippen LogP contribution in [0, 0.1) is 11.8 Å². The molecule has 0 aromatic rings. The zero-order valence-electron chi connectivity index (χ0n) is 9.40. The summed E-state index contributed by atoms with van der Waals surface area (Å²) < 4.78 is 0. The van der Waals surface area contributed by atoms with E-state index in [1.165, 1.54) is 38.5 Å². The van der Waals surface area contributed by atoms with Crippen LogP contribution in [-0.2, 0) is 0 Å². The summed E-state index contributed by atoms with van der Waals surface area (Å²) in [5, 5.41) is 0. The molecule has 1 aliphatic carbocycles. The van der Waals surface area contributed by atoms with Crippen molar-refractivity contribution >= 4 is 0 Å². The molecule has 0 radical (unpaired) electrons. The molecular weight excluding hydrogens is 144 g/mol. The van der Waals surface area contributed by atoms with Crippen LogP contribution < -0.4 is 0 Å². The third-order valence-corrected chi connectivity index (χ3v) is 3.04. The summed E-state index contributed by atoms with van der Waals surface area (Å²) in [5.74, 6) is 1.98. The molecule has 0 aromatic carbocycles. The van der Waals surface area contributed by atoms with Gasteiger partial charge in [0.15, 0.2) is 0 Å². The van der Waals surface area contributed by atoms with Crippen LogP contribution in [0.25, 0.3) is 0 Å². The summed E-state index contributed by atoms with van der Waals surface area (Å²) in [4.78, 5) is 0. The first-order valence-electron chi connectivity index (χ1n) is 5.70. The Labute approximate surface area is 78.8 Å². The Morgan fingerprint density at radius 2 is 1.50 bits per heavy atom. The Kier molecular flexibility index (Phi) is 7.64. The SMILES string of the molecule is CC1CCCC1.CCC(C)CC. The minimum absolute atomic E-state index is 0.935. The monoisotopic (exact) mass is 170 g/mol. The van der Waals surface area contributed by atoms with Gasteiger partial charge in [0.2, 0.25) is 0 Å². The lowest BCUT2D eigenvalue weighted by atomic mass is 10.1. The Hall–Kier alpha value is 0.